The van der Waals surface area contributed by atoms with E-state index in [0.717, 1.165) is 30.5 Å². The number of hydrogen-bond donors (Lipinski definition) is 1. The van der Waals surface area contributed by atoms with Gasteiger partial charge in [0.1, 0.15) is 17.5 Å². The predicted molar refractivity (Wildman–Crippen MR) is 83.0 cm³/mol. The summed E-state index contributed by atoms with van der Waals surface area (Å²) in [5.41, 5.74) is -0.0428. The fourth-order valence-corrected chi connectivity index (χ4v) is 1.89. The van der Waals surface area contributed by atoms with Crippen molar-refractivity contribution in [2.75, 3.05) is 30.4 Å². The third-order valence-corrected chi connectivity index (χ3v) is 2.93. The van der Waals surface area contributed by atoms with Gasteiger partial charge in [0.05, 0.1) is 0 Å². The van der Waals surface area contributed by atoms with Gasteiger partial charge < -0.3 is 10.2 Å². The van der Waals surface area contributed by atoms with Gasteiger partial charge in [-0.1, -0.05) is 34.6 Å². The minimum atomic E-state index is -0.0428. The van der Waals surface area contributed by atoms with Crippen molar-refractivity contribution < 1.29 is 0 Å². The first-order valence-corrected chi connectivity index (χ1v) is 7.10. The predicted octanol–water partition coefficient (Wildman–Crippen LogP) is 3.30. The quantitative estimate of drug-likeness (QED) is 0.886. The second-order valence-electron chi connectivity index (χ2n) is 6.37. The van der Waals surface area contributed by atoms with Gasteiger partial charge in [-0.15, -0.1) is 0 Å². The Kier molecular flexibility index (Phi) is 5.15. The minimum absolute atomic E-state index is 0.0428. The molecule has 0 aromatic carbocycles. The summed E-state index contributed by atoms with van der Waals surface area (Å²) in [7, 11) is 1.90. The molecule has 19 heavy (non-hydrogen) atoms. The normalized spacial score (nSPS) is 11.8. The lowest BCUT2D eigenvalue weighted by molar-refractivity contribution is 0.542. The highest BCUT2D eigenvalue weighted by Crippen LogP contribution is 2.24. The molecule has 0 amide bonds. The molecule has 0 atom stereocenters. The largest absolute Gasteiger partial charge is 0.373 e. The van der Waals surface area contributed by atoms with Gasteiger partial charge in [0.15, 0.2) is 0 Å². The van der Waals surface area contributed by atoms with Crippen LogP contribution in [0, 0.1) is 5.92 Å². The van der Waals surface area contributed by atoms with Gasteiger partial charge in [0.25, 0.3) is 0 Å². The van der Waals surface area contributed by atoms with Crippen LogP contribution in [0.3, 0.4) is 0 Å². The Bertz CT molecular complexity index is 407. The van der Waals surface area contributed by atoms with Crippen molar-refractivity contribution in [3.05, 3.63) is 11.9 Å². The van der Waals surface area contributed by atoms with E-state index in [1.807, 2.05) is 13.1 Å². The van der Waals surface area contributed by atoms with Gasteiger partial charge in [-0.25, -0.2) is 9.97 Å². The van der Waals surface area contributed by atoms with Crippen LogP contribution in [0.15, 0.2) is 6.07 Å². The Morgan fingerprint density at radius 1 is 1.26 bits per heavy atom. The second kappa shape index (κ2) is 6.22. The highest BCUT2D eigenvalue weighted by molar-refractivity contribution is 5.49. The Morgan fingerprint density at radius 3 is 2.32 bits per heavy atom. The van der Waals surface area contributed by atoms with E-state index in [9.17, 15) is 0 Å². The van der Waals surface area contributed by atoms with E-state index >= 15 is 0 Å². The molecule has 0 saturated heterocycles. The van der Waals surface area contributed by atoms with Crippen molar-refractivity contribution in [3.63, 3.8) is 0 Å². The number of anilines is 2. The summed E-state index contributed by atoms with van der Waals surface area (Å²) in [5.74, 6) is 3.40. The van der Waals surface area contributed by atoms with E-state index in [1.165, 1.54) is 0 Å². The Morgan fingerprint density at radius 2 is 1.89 bits per heavy atom. The van der Waals surface area contributed by atoms with E-state index in [2.05, 4.69) is 56.7 Å². The summed E-state index contributed by atoms with van der Waals surface area (Å²) < 4.78 is 0. The van der Waals surface area contributed by atoms with Crippen LogP contribution in [0.25, 0.3) is 0 Å². The molecular formula is C15H28N4. The van der Waals surface area contributed by atoms with Crippen molar-refractivity contribution in [1.29, 1.82) is 0 Å². The number of nitrogens with one attached hydrogen (secondary N) is 1. The molecule has 0 unspecified atom stereocenters. The lowest BCUT2D eigenvalue weighted by atomic mass is 9.96. The second-order valence-corrected chi connectivity index (χ2v) is 6.37. The zero-order valence-electron chi connectivity index (χ0n) is 13.4. The number of aromatic nitrogens is 2. The maximum Gasteiger partial charge on any atom is 0.138 e. The molecule has 0 aliphatic rings. The number of hydrogen-bond acceptors (Lipinski definition) is 4. The highest BCUT2D eigenvalue weighted by atomic mass is 15.2. The molecule has 0 fully saturated rings. The smallest absolute Gasteiger partial charge is 0.138 e. The summed E-state index contributed by atoms with van der Waals surface area (Å²) in [4.78, 5) is 11.6. The van der Waals surface area contributed by atoms with Crippen molar-refractivity contribution in [2.45, 2.75) is 47.0 Å². The standard InChI is InChI=1S/C15H28N4/c1-8-19(10-11(2)3)13-9-12(16-7)17-14(18-13)15(4,5)6/h9,11H,8,10H2,1-7H3,(H,16,17,18). The molecule has 0 radical (unpaired) electrons. The minimum Gasteiger partial charge on any atom is -0.373 e. The van der Waals surface area contributed by atoms with Crippen molar-refractivity contribution >= 4 is 11.6 Å². The average molecular weight is 264 g/mol. The summed E-state index contributed by atoms with van der Waals surface area (Å²) in [6.45, 7) is 15.0. The van der Waals surface area contributed by atoms with Gasteiger partial charge in [-0.2, -0.15) is 0 Å². The molecule has 4 nitrogen and oxygen atoms in total. The average Bonchev–Trinajstić information content (AvgIpc) is 2.34. The molecule has 1 heterocycles. The highest BCUT2D eigenvalue weighted by Gasteiger charge is 2.20. The van der Waals surface area contributed by atoms with E-state index in [4.69, 9.17) is 4.98 Å². The van der Waals surface area contributed by atoms with Gasteiger partial charge in [-0.3, -0.25) is 0 Å². The molecule has 108 valence electrons. The first-order chi connectivity index (χ1) is 8.77. The molecule has 0 saturated carbocycles. The molecule has 0 bridgehead atoms. The van der Waals surface area contributed by atoms with Crippen LogP contribution in [0.5, 0.6) is 0 Å². The van der Waals surface area contributed by atoms with E-state index in [0.29, 0.717) is 5.92 Å². The summed E-state index contributed by atoms with van der Waals surface area (Å²) in [5, 5.41) is 3.13. The SMILES string of the molecule is CCN(CC(C)C)c1cc(NC)nc(C(C)(C)C)n1. The van der Waals surface area contributed by atoms with Gasteiger partial charge in [0, 0.05) is 31.6 Å². The zero-order valence-corrected chi connectivity index (χ0v) is 13.4. The maximum absolute atomic E-state index is 4.75. The third kappa shape index (κ3) is 4.37. The molecule has 1 N–H and O–H groups in total. The molecule has 1 rings (SSSR count). The molecular weight excluding hydrogens is 236 g/mol. The van der Waals surface area contributed by atoms with Crippen LogP contribution >= 0.6 is 0 Å². The molecule has 0 aliphatic carbocycles. The molecule has 1 aromatic rings. The van der Waals surface area contributed by atoms with Gasteiger partial charge in [-0.05, 0) is 12.8 Å². The zero-order chi connectivity index (χ0) is 14.6. The number of nitrogens with zero attached hydrogens (tertiary/aromatic N) is 3. The first-order valence-electron chi connectivity index (χ1n) is 7.10. The third-order valence-electron chi connectivity index (χ3n) is 2.93. The molecule has 0 spiro atoms. The van der Waals surface area contributed by atoms with Gasteiger partial charge in [0.2, 0.25) is 0 Å². The lowest BCUT2D eigenvalue weighted by Gasteiger charge is -2.26. The summed E-state index contributed by atoms with van der Waals surface area (Å²) in [6.07, 6.45) is 0. The van der Waals surface area contributed by atoms with Crippen LogP contribution < -0.4 is 10.2 Å². The van der Waals surface area contributed by atoms with Crippen molar-refractivity contribution in [3.8, 4) is 0 Å². The van der Waals surface area contributed by atoms with E-state index < -0.39 is 0 Å². The summed E-state index contributed by atoms with van der Waals surface area (Å²) >= 11 is 0. The number of rotatable bonds is 5. The monoisotopic (exact) mass is 264 g/mol. The Labute approximate surface area is 117 Å². The van der Waals surface area contributed by atoms with E-state index in [-0.39, 0.29) is 5.41 Å². The van der Waals surface area contributed by atoms with Crippen LogP contribution in [0.4, 0.5) is 11.6 Å². The first kappa shape index (κ1) is 15.7. The van der Waals surface area contributed by atoms with Crippen LogP contribution in [-0.2, 0) is 5.41 Å². The van der Waals surface area contributed by atoms with Crippen molar-refractivity contribution in [1.82, 2.24) is 9.97 Å². The Hall–Kier alpha value is -1.32. The lowest BCUT2D eigenvalue weighted by Crippen LogP contribution is -2.29. The molecule has 1 aromatic heterocycles. The van der Waals surface area contributed by atoms with Crippen LogP contribution in [-0.4, -0.2) is 30.1 Å². The summed E-state index contributed by atoms with van der Waals surface area (Å²) in [6, 6.07) is 2.03. The van der Waals surface area contributed by atoms with Crippen LogP contribution in [0.2, 0.25) is 0 Å². The fraction of sp³-hybridized carbons (Fsp3) is 0.733. The van der Waals surface area contributed by atoms with E-state index in [1.54, 1.807) is 0 Å². The molecule has 0 aliphatic heterocycles. The van der Waals surface area contributed by atoms with Gasteiger partial charge >= 0.3 is 0 Å². The fourth-order valence-electron chi connectivity index (χ4n) is 1.89. The van der Waals surface area contributed by atoms with Crippen LogP contribution in [0.1, 0.15) is 47.4 Å². The topological polar surface area (TPSA) is 41.0 Å². The maximum atomic E-state index is 4.75. The Balaban J connectivity index is 3.18. The van der Waals surface area contributed by atoms with Crippen molar-refractivity contribution in [2.24, 2.45) is 5.92 Å². The molecule has 4 heteroatoms.